The van der Waals surface area contributed by atoms with Gasteiger partial charge in [0, 0.05) is 23.7 Å². The van der Waals surface area contributed by atoms with Crippen molar-refractivity contribution in [3.05, 3.63) is 45.6 Å². The normalized spacial score (nSPS) is 18.8. The largest absolute Gasteiger partial charge is 0.476 e. The van der Waals surface area contributed by atoms with Gasteiger partial charge in [0.1, 0.15) is 18.5 Å². The molecule has 1 atom stereocenters. The number of halogens is 1. The van der Waals surface area contributed by atoms with E-state index in [0.29, 0.717) is 32.3 Å². The van der Waals surface area contributed by atoms with E-state index in [1.54, 1.807) is 6.07 Å². The second kappa shape index (κ2) is 7.58. The van der Waals surface area contributed by atoms with Gasteiger partial charge in [-0.1, -0.05) is 0 Å². The van der Waals surface area contributed by atoms with Crippen LogP contribution in [0.4, 0.5) is 0 Å². The van der Waals surface area contributed by atoms with Gasteiger partial charge in [-0.05, 0) is 37.1 Å². The van der Waals surface area contributed by atoms with Gasteiger partial charge in [-0.2, -0.15) is 0 Å². The summed E-state index contributed by atoms with van der Waals surface area (Å²) in [7, 11) is 0. The minimum Gasteiger partial charge on any atom is -0.476 e. The zero-order chi connectivity index (χ0) is 18.1. The fourth-order valence-corrected chi connectivity index (χ4v) is 3.79. The number of aryl methyl sites for hydroxylation is 1. The molecule has 0 saturated carbocycles. The Bertz CT molecular complexity index is 873. The van der Waals surface area contributed by atoms with E-state index >= 15 is 0 Å². The van der Waals surface area contributed by atoms with Crippen LogP contribution in [0, 0.1) is 6.92 Å². The number of hydrogen-bond donors (Lipinski definition) is 0. The smallest absolute Gasteiger partial charge is 0.197 e. The summed E-state index contributed by atoms with van der Waals surface area (Å²) in [5, 5.41) is 0. The lowest BCUT2D eigenvalue weighted by molar-refractivity contribution is -0.102. The van der Waals surface area contributed by atoms with Crippen molar-refractivity contribution in [1.82, 2.24) is 4.57 Å². The third-order valence-corrected chi connectivity index (χ3v) is 5.35. The molecule has 0 N–H and O–H groups in total. The number of ether oxygens (including phenoxy) is 3. The molecule has 3 heterocycles. The van der Waals surface area contributed by atoms with E-state index in [1.165, 1.54) is 5.56 Å². The van der Waals surface area contributed by atoms with Gasteiger partial charge < -0.3 is 21.8 Å². The second-order valence-electron chi connectivity index (χ2n) is 6.50. The molecule has 0 radical (unpaired) electrons. The Morgan fingerprint density at radius 2 is 2.19 bits per heavy atom. The molecule has 1 fully saturated rings. The van der Waals surface area contributed by atoms with Crippen LogP contribution in [0.15, 0.2) is 29.1 Å². The number of aromatic nitrogens is 1. The maximum Gasteiger partial charge on any atom is 0.197 e. The lowest BCUT2D eigenvalue weighted by atomic mass is 9.94. The summed E-state index contributed by atoms with van der Waals surface area (Å²) in [5.74, 6) is 1.41. The SMILES string of the molecule is Cc1c2n(c(OCC3COCCO3)cc1=O)CCc1cc(OI)ccc1-2. The Morgan fingerprint density at radius 3 is 2.96 bits per heavy atom. The Hall–Kier alpha value is -1.58. The lowest BCUT2D eigenvalue weighted by Crippen LogP contribution is -2.34. The number of rotatable bonds is 4. The molecular formula is C19H20INO5. The number of pyridine rings is 1. The number of nitrogens with zero attached hydrogens (tertiary/aromatic N) is 1. The van der Waals surface area contributed by atoms with Gasteiger partial charge in [-0.25, -0.2) is 0 Å². The van der Waals surface area contributed by atoms with E-state index in [0.717, 1.165) is 35.5 Å². The van der Waals surface area contributed by atoms with Gasteiger partial charge in [-0.15, -0.1) is 0 Å². The predicted octanol–water partition coefficient (Wildman–Crippen LogP) is 2.90. The quantitative estimate of drug-likeness (QED) is 0.645. The zero-order valence-corrected chi connectivity index (χ0v) is 16.7. The van der Waals surface area contributed by atoms with E-state index in [1.807, 2.05) is 48.1 Å². The van der Waals surface area contributed by atoms with Crippen molar-refractivity contribution in [2.45, 2.75) is 26.0 Å². The van der Waals surface area contributed by atoms with Gasteiger partial charge in [0.05, 0.1) is 25.5 Å². The lowest BCUT2D eigenvalue weighted by Gasteiger charge is -2.28. The Balaban J connectivity index is 1.70. The first-order chi connectivity index (χ1) is 12.7. The van der Waals surface area contributed by atoms with Crippen molar-refractivity contribution < 1.29 is 17.3 Å². The molecule has 0 bridgehead atoms. The van der Waals surface area contributed by atoms with Crippen molar-refractivity contribution >= 4 is 23.0 Å². The summed E-state index contributed by atoms with van der Waals surface area (Å²) in [6.45, 7) is 4.71. The monoisotopic (exact) mass is 469 g/mol. The highest BCUT2D eigenvalue weighted by atomic mass is 127. The van der Waals surface area contributed by atoms with Crippen LogP contribution in [0.2, 0.25) is 0 Å². The van der Waals surface area contributed by atoms with Crippen molar-refractivity contribution in [1.29, 1.82) is 0 Å². The van der Waals surface area contributed by atoms with Crippen molar-refractivity contribution in [3.63, 3.8) is 0 Å². The van der Waals surface area contributed by atoms with Gasteiger partial charge in [0.25, 0.3) is 0 Å². The van der Waals surface area contributed by atoms with Gasteiger partial charge in [0.15, 0.2) is 34.3 Å². The highest BCUT2D eigenvalue weighted by molar-refractivity contribution is 14.1. The fourth-order valence-electron chi connectivity index (χ4n) is 3.52. The number of hydrogen-bond acceptors (Lipinski definition) is 5. The molecule has 1 aromatic heterocycles. The van der Waals surface area contributed by atoms with Crippen LogP contribution in [0.5, 0.6) is 11.6 Å². The van der Waals surface area contributed by atoms with Gasteiger partial charge in [0.2, 0.25) is 0 Å². The summed E-state index contributed by atoms with van der Waals surface area (Å²) in [6.07, 6.45) is 0.758. The standard InChI is InChI=1S/C19H20INO5/c1-12-17(22)9-18(25-11-15-10-23-6-7-24-15)21-5-4-13-8-14(26-20)2-3-16(13)19(12)21/h2-3,8-9,15H,4-7,10-11H2,1H3. The van der Waals surface area contributed by atoms with Crippen LogP contribution >= 0.6 is 23.0 Å². The van der Waals surface area contributed by atoms with Crippen LogP contribution < -0.4 is 13.2 Å². The maximum absolute atomic E-state index is 12.5. The first-order valence-electron chi connectivity index (χ1n) is 8.66. The average molecular weight is 469 g/mol. The summed E-state index contributed by atoms with van der Waals surface area (Å²) in [4.78, 5) is 12.5. The third kappa shape index (κ3) is 3.35. The summed E-state index contributed by atoms with van der Waals surface area (Å²) < 4.78 is 24.4. The molecule has 0 amide bonds. The molecular weight excluding hydrogens is 449 g/mol. The van der Waals surface area contributed by atoms with E-state index < -0.39 is 0 Å². The third-order valence-electron chi connectivity index (χ3n) is 4.84. The minimum atomic E-state index is -0.101. The molecule has 26 heavy (non-hydrogen) atoms. The first kappa shape index (κ1) is 17.8. The molecule has 1 unspecified atom stereocenters. The van der Waals surface area contributed by atoms with Crippen LogP contribution in [0.1, 0.15) is 11.1 Å². The minimum absolute atomic E-state index is 0.0193. The molecule has 1 saturated heterocycles. The van der Waals surface area contributed by atoms with E-state index in [2.05, 4.69) is 4.57 Å². The summed E-state index contributed by atoms with van der Waals surface area (Å²) in [6, 6.07) is 7.56. The maximum atomic E-state index is 12.5. The average Bonchev–Trinajstić information content (AvgIpc) is 2.69. The van der Waals surface area contributed by atoms with Crippen molar-refractivity contribution in [2.24, 2.45) is 0 Å². The first-order valence-corrected chi connectivity index (χ1v) is 9.54. The summed E-state index contributed by atoms with van der Waals surface area (Å²) >= 11 is 1.88. The molecule has 2 aliphatic heterocycles. The van der Waals surface area contributed by atoms with Crippen LogP contribution in [-0.4, -0.2) is 37.1 Å². The van der Waals surface area contributed by atoms with Crippen LogP contribution in [0.25, 0.3) is 11.3 Å². The topological polar surface area (TPSA) is 58.9 Å². The molecule has 7 heteroatoms. The molecule has 1 aromatic carbocycles. The molecule has 2 aliphatic rings. The number of fused-ring (bicyclic) bond motifs is 3. The van der Waals surface area contributed by atoms with Crippen molar-refractivity contribution in [2.75, 3.05) is 26.4 Å². The molecule has 0 aliphatic carbocycles. The Labute approximate surface area is 165 Å². The predicted molar refractivity (Wildman–Crippen MR) is 105 cm³/mol. The summed E-state index contributed by atoms with van der Waals surface area (Å²) in [5.41, 5.74) is 3.89. The van der Waals surface area contributed by atoms with Gasteiger partial charge >= 0.3 is 0 Å². The molecule has 2 aromatic rings. The van der Waals surface area contributed by atoms with E-state index in [-0.39, 0.29) is 11.5 Å². The van der Waals surface area contributed by atoms with E-state index in [4.69, 9.17) is 17.3 Å². The Kier molecular flexibility index (Phi) is 5.19. The second-order valence-corrected chi connectivity index (χ2v) is 6.94. The molecule has 138 valence electrons. The van der Waals surface area contributed by atoms with Gasteiger partial charge in [-0.3, -0.25) is 4.79 Å². The number of benzene rings is 1. The van der Waals surface area contributed by atoms with Crippen molar-refractivity contribution in [3.8, 4) is 22.9 Å². The van der Waals surface area contributed by atoms with Crippen LogP contribution in [-0.2, 0) is 22.4 Å². The van der Waals surface area contributed by atoms with Crippen LogP contribution in [0.3, 0.4) is 0 Å². The highest BCUT2D eigenvalue weighted by Crippen LogP contribution is 2.35. The molecule has 0 spiro atoms. The molecule has 4 rings (SSSR count). The fraction of sp³-hybridized carbons (Fsp3) is 0.421. The zero-order valence-electron chi connectivity index (χ0n) is 14.5. The molecule has 6 nitrogen and oxygen atoms in total. The van der Waals surface area contributed by atoms with E-state index in [9.17, 15) is 4.79 Å². The Morgan fingerprint density at radius 1 is 1.31 bits per heavy atom. The highest BCUT2D eigenvalue weighted by Gasteiger charge is 2.23.